The fraction of sp³-hybridized carbons (Fsp3) is 0.788. The zero-order valence-corrected chi connectivity index (χ0v) is 23.8. The lowest BCUT2D eigenvalue weighted by molar-refractivity contribution is -0.171. The topological polar surface area (TPSA) is 38.5 Å². The summed E-state index contributed by atoms with van der Waals surface area (Å²) in [6.45, 7) is 23.9. The van der Waals surface area contributed by atoms with Crippen molar-refractivity contribution >= 4 is 11.6 Å². The number of Topliss-reactive ketones (excluding diaryl/α,β-unsaturated/α-hetero) is 1. The third kappa shape index (κ3) is 3.28. The monoisotopic (exact) mass is 489 g/mol. The molecule has 3 fully saturated rings. The maximum Gasteiger partial charge on any atom is 0.226 e. The van der Waals surface area contributed by atoms with Gasteiger partial charge in [-0.25, -0.2) is 4.85 Å². The number of fused-ring (bicyclic) bond motifs is 7. The highest BCUT2D eigenvalue weighted by Crippen LogP contribution is 2.74. The zero-order valence-electron chi connectivity index (χ0n) is 23.8. The number of unbranched alkanes of at least 4 members (excludes halogenated alkanes) is 1. The lowest BCUT2D eigenvalue weighted by Crippen LogP contribution is -2.64. The first-order valence-corrected chi connectivity index (χ1v) is 14.7. The van der Waals surface area contributed by atoms with Gasteiger partial charge >= 0.3 is 0 Å². The lowest BCUT2D eigenvalue weighted by atomic mass is 9.34. The highest BCUT2D eigenvalue weighted by Gasteiger charge is 2.68. The van der Waals surface area contributed by atoms with Crippen LogP contribution in [0, 0.1) is 57.3 Å². The maximum atomic E-state index is 14.4. The first kappa shape index (κ1) is 25.9. The van der Waals surface area contributed by atoms with Crippen LogP contribution in [-0.4, -0.2) is 11.6 Å². The summed E-state index contributed by atoms with van der Waals surface area (Å²) in [6.07, 6.45) is 15.9. The molecule has 36 heavy (non-hydrogen) atoms. The van der Waals surface area contributed by atoms with Gasteiger partial charge in [0.05, 0.1) is 6.57 Å². The van der Waals surface area contributed by atoms with Crippen molar-refractivity contribution in [3.63, 3.8) is 0 Å². The number of ketones is 2. The summed E-state index contributed by atoms with van der Waals surface area (Å²) in [7, 11) is 0. The molecule has 3 heteroatoms. The van der Waals surface area contributed by atoms with E-state index in [4.69, 9.17) is 6.57 Å². The van der Waals surface area contributed by atoms with Gasteiger partial charge in [0.2, 0.25) is 5.70 Å². The predicted octanol–water partition coefficient (Wildman–Crippen LogP) is 8.36. The van der Waals surface area contributed by atoms with Crippen molar-refractivity contribution in [2.24, 2.45) is 50.7 Å². The van der Waals surface area contributed by atoms with Gasteiger partial charge in [0.15, 0.2) is 11.6 Å². The maximum absolute atomic E-state index is 14.4. The Morgan fingerprint density at radius 3 is 2.36 bits per heavy atom. The molecule has 0 N–H and O–H groups in total. The fourth-order valence-corrected chi connectivity index (χ4v) is 10.3. The van der Waals surface area contributed by atoms with E-state index in [1.165, 1.54) is 44.1 Å². The molecule has 0 aromatic heterocycles. The second-order valence-electron chi connectivity index (χ2n) is 14.9. The van der Waals surface area contributed by atoms with E-state index < -0.39 is 5.41 Å². The first-order chi connectivity index (χ1) is 16.8. The van der Waals surface area contributed by atoms with E-state index in [0.717, 1.165) is 25.7 Å². The zero-order chi connectivity index (χ0) is 26.3. The van der Waals surface area contributed by atoms with Gasteiger partial charge in [-0.3, -0.25) is 4.79 Å². The molecule has 0 unspecified atom stereocenters. The molecule has 5 aliphatic rings. The van der Waals surface area contributed by atoms with E-state index >= 15 is 0 Å². The molecule has 5 aliphatic carbocycles. The summed E-state index contributed by atoms with van der Waals surface area (Å²) in [5.41, 5.74) is 1.56. The normalized spacial score (nSPS) is 47.4. The molecule has 0 radical (unpaired) electrons. The van der Waals surface area contributed by atoms with Crippen LogP contribution in [0.15, 0.2) is 23.4 Å². The van der Waals surface area contributed by atoms with Crippen LogP contribution in [0.1, 0.15) is 113 Å². The van der Waals surface area contributed by atoms with Crippen molar-refractivity contribution in [2.45, 2.75) is 113 Å². The number of allylic oxidation sites excluding steroid dienone is 4. The Kier molecular flexibility index (Phi) is 5.87. The number of carbonyl (C=O) groups excluding carboxylic acids is 2. The fourth-order valence-electron chi connectivity index (χ4n) is 10.3. The van der Waals surface area contributed by atoms with Crippen molar-refractivity contribution in [2.75, 3.05) is 0 Å². The highest BCUT2D eigenvalue weighted by molar-refractivity contribution is 6.01. The number of nitrogens with zero attached hydrogens (tertiary/aromatic N) is 1. The predicted molar refractivity (Wildman–Crippen MR) is 145 cm³/mol. The van der Waals surface area contributed by atoms with Gasteiger partial charge in [-0.2, -0.15) is 0 Å². The van der Waals surface area contributed by atoms with Crippen molar-refractivity contribution in [1.82, 2.24) is 0 Å². The summed E-state index contributed by atoms with van der Waals surface area (Å²) in [5.74, 6) is 0.887. The summed E-state index contributed by atoms with van der Waals surface area (Å²) in [6, 6.07) is 0. The number of rotatable bonds is 3. The minimum Gasteiger partial charge on any atom is -0.308 e. The van der Waals surface area contributed by atoms with E-state index in [-0.39, 0.29) is 40.1 Å². The van der Waals surface area contributed by atoms with E-state index in [2.05, 4.69) is 52.5 Å². The van der Waals surface area contributed by atoms with Crippen LogP contribution < -0.4 is 0 Å². The van der Waals surface area contributed by atoms with Gasteiger partial charge in [-0.05, 0) is 90.9 Å². The Morgan fingerprint density at radius 2 is 1.69 bits per heavy atom. The molecule has 0 heterocycles. The molecule has 196 valence electrons. The minimum absolute atomic E-state index is 0.00860. The van der Waals surface area contributed by atoms with Gasteiger partial charge in [0.1, 0.15) is 0 Å². The van der Waals surface area contributed by atoms with E-state index in [1.807, 2.05) is 13.0 Å². The standard InChI is InChI=1S/C33H47NO2/c1-9-10-12-33-16-14-29(3,4)19-23(33)27-25(35)18-26-30(5)20-24(34-8)28(36)21(2)22(30)11-13-31(26,6)32(27,7)15-17-33/h18,20-23,27H,9-17,19H2,1-7H3/t21-,22-,23-,27-,30-,31+,32+,33+/m0/s1. The molecule has 3 saturated carbocycles. The summed E-state index contributed by atoms with van der Waals surface area (Å²) >= 11 is 0. The van der Waals surface area contributed by atoms with Crippen LogP contribution in [0.3, 0.4) is 0 Å². The van der Waals surface area contributed by atoms with Crippen LogP contribution in [0.2, 0.25) is 0 Å². The molecule has 0 aliphatic heterocycles. The van der Waals surface area contributed by atoms with E-state index in [0.29, 0.717) is 22.5 Å². The van der Waals surface area contributed by atoms with Crippen LogP contribution in [0.4, 0.5) is 0 Å². The summed E-state index contributed by atoms with van der Waals surface area (Å²) < 4.78 is 0. The molecule has 0 amide bonds. The van der Waals surface area contributed by atoms with Crippen LogP contribution in [0.5, 0.6) is 0 Å². The van der Waals surface area contributed by atoms with Gasteiger partial charge in [0.25, 0.3) is 0 Å². The van der Waals surface area contributed by atoms with Crippen molar-refractivity contribution in [3.05, 3.63) is 34.8 Å². The van der Waals surface area contributed by atoms with Crippen molar-refractivity contribution < 1.29 is 9.59 Å². The largest absolute Gasteiger partial charge is 0.308 e. The molecular weight excluding hydrogens is 442 g/mol. The Morgan fingerprint density at radius 1 is 1.00 bits per heavy atom. The van der Waals surface area contributed by atoms with Crippen LogP contribution in [0.25, 0.3) is 4.85 Å². The molecule has 3 nitrogen and oxygen atoms in total. The third-order valence-electron chi connectivity index (χ3n) is 12.7. The quantitative estimate of drug-likeness (QED) is 0.374. The Bertz CT molecular complexity index is 1090. The molecular formula is C33H47NO2. The second-order valence-corrected chi connectivity index (χ2v) is 14.9. The first-order valence-electron chi connectivity index (χ1n) is 14.7. The van der Waals surface area contributed by atoms with Crippen LogP contribution >= 0.6 is 0 Å². The average Bonchev–Trinajstić information content (AvgIpc) is 2.82. The third-order valence-corrected chi connectivity index (χ3v) is 12.7. The molecule has 0 spiro atoms. The van der Waals surface area contributed by atoms with Gasteiger partial charge in [-0.15, -0.1) is 0 Å². The minimum atomic E-state index is -0.396. The molecule has 8 atom stereocenters. The molecule has 0 aromatic rings. The van der Waals surface area contributed by atoms with Gasteiger partial charge < -0.3 is 4.79 Å². The molecule has 0 bridgehead atoms. The van der Waals surface area contributed by atoms with Crippen LogP contribution in [-0.2, 0) is 9.59 Å². The smallest absolute Gasteiger partial charge is 0.226 e. The van der Waals surface area contributed by atoms with Gasteiger partial charge in [0, 0.05) is 17.3 Å². The Balaban J connectivity index is 1.66. The lowest BCUT2D eigenvalue weighted by Gasteiger charge is -2.69. The summed E-state index contributed by atoms with van der Waals surface area (Å²) in [4.78, 5) is 31.0. The Hall–Kier alpha value is -1.69. The van der Waals surface area contributed by atoms with Crippen molar-refractivity contribution in [1.29, 1.82) is 0 Å². The summed E-state index contributed by atoms with van der Waals surface area (Å²) in [5, 5.41) is 0. The van der Waals surface area contributed by atoms with E-state index in [1.54, 1.807) is 0 Å². The van der Waals surface area contributed by atoms with E-state index in [9.17, 15) is 9.59 Å². The second kappa shape index (κ2) is 8.15. The highest BCUT2D eigenvalue weighted by atomic mass is 16.1. The molecule has 5 rings (SSSR count). The molecule has 0 aromatic carbocycles. The SMILES string of the molecule is [C-]#[N+]C1=C[C@]2(C)C3=CC(=O)[C@@H]4[C@@H]5CC(C)(C)CC[C@]5(CCCC)CC[C@@]4(C)[C@]3(C)CC[C@H]2[C@H](C)C1=O. The number of hydrogen-bond donors (Lipinski definition) is 0. The molecule has 0 saturated heterocycles. The van der Waals surface area contributed by atoms with Crippen molar-refractivity contribution in [3.8, 4) is 0 Å². The van der Waals surface area contributed by atoms with Gasteiger partial charge in [-0.1, -0.05) is 73.0 Å². The average molecular weight is 490 g/mol. The number of carbonyl (C=O) groups is 2. The number of hydrogen-bond acceptors (Lipinski definition) is 2. The Labute approximate surface area is 219 Å².